The average molecular weight is 377 g/mol. The number of carbonyl (C=O) groups excluding carboxylic acids is 2. The highest BCUT2D eigenvalue weighted by Gasteiger charge is 2.34. The summed E-state index contributed by atoms with van der Waals surface area (Å²) < 4.78 is 5.75. The molecule has 0 radical (unpaired) electrons. The first-order chi connectivity index (χ1) is 13.5. The Kier molecular flexibility index (Phi) is 5.95. The average Bonchev–Trinajstić information content (AvgIpc) is 3.09. The number of carbonyl (C=O) groups is 2. The van der Waals surface area contributed by atoms with Crippen LogP contribution in [0, 0.1) is 17.2 Å². The molecule has 1 saturated heterocycles. The predicted molar refractivity (Wildman–Crippen MR) is 106 cm³/mol. The van der Waals surface area contributed by atoms with Crippen LogP contribution in [0.5, 0.6) is 11.5 Å². The zero-order valence-corrected chi connectivity index (χ0v) is 16.0. The summed E-state index contributed by atoms with van der Waals surface area (Å²) in [5, 5.41) is 11.9. The molecule has 1 N–H and O–H groups in total. The lowest BCUT2D eigenvalue weighted by Crippen LogP contribution is -2.47. The Bertz CT molecular complexity index is 900. The fourth-order valence-electron chi connectivity index (χ4n) is 3.36. The SMILES string of the molecule is CC(C)C(C(=O)Nc1ccc(Oc2cccc(C#N)c2)cc1)N1CCCC1=O. The van der Waals surface area contributed by atoms with Crippen LogP contribution < -0.4 is 10.1 Å². The molecular weight excluding hydrogens is 354 g/mol. The summed E-state index contributed by atoms with van der Waals surface area (Å²) in [6.07, 6.45) is 1.31. The van der Waals surface area contributed by atoms with Gasteiger partial charge < -0.3 is 15.0 Å². The van der Waals surface area contributed by atoms with Crippen LogP contribution in [0.15, 0.2) is 48.5 Å². The van der Waals surface area contributed by atoms with Gasteiger partial charge in [0.1, 0.15) is 17.5 Å². The van der Waals surface area contributed by atoms with Crippen LogP contribution in [-0.2, 0) is 9.59 Å². The van der Waals surface area contributed by atoms with Crippen molar-refractivity contribution in [3.8, 4) is 17.6 Å². The molecule has 0 aromatic heterocycles. The maximum atomic E-state index is 12.8. The van der Waals surface area contributed by atoms with Crippen LogP contribution in [0.4, 0.5) is 5.69 Å². The molecule has 6 nitrogen and oxygen atoms in total. The molecule has 28 heavy (non-hydrogen) atoms. The van der Waals surface area contributed by atoms with Crippen molar-refractivity contribution in [3.05, 3.63) is 54.1 Å². The Morgan fingerprint density at radius 1 is 1.18 bits per heavy atom. The number of hydrogen-bond acceptors (Lipinski definition) is 4. The second kappa shape index (κ2) is 8.57. The maximum Gasteiger partial charge on any atom is 0.247 e. The van der Waals surface area contributed by atoms with Crippen LogP contribution in [0.25, 0.3) is 0 Å². The van der Waals surface area contributed by atoms with E-state index in [4.69, 9.17) is 10.00 Å². The molecular formula is C22H23N3O3. The number of anilines is 1. The van der Waals surface area contributed by atoms with E-state index in [0.29, 0.717) is 35.7 Å². The number of nitrogens with one attached hydrogen (secondary N) is 1. The number of rotatable bonds is 6. The second-order valence-corrected chi connectivity index (χ2v) is 7.13. The van der Waals surface area contributed by atoms with E-state index in [0.717, 1.165) is 6.42 Å². The fraction of sp³-hybridized carbons (Fsp3) is 0.318. The normalized spacial score (nSPS) is 14.6. The lowest BCUT2D eigenvalue weighted by atomic mass is 10.0. The van der Waals surface area contributed by atoms with Crippen LogP contribution in [0.3, 0.4) is 0 Å². The molecule has 1 fully saturated rings. The van der Waals surface area contributed by atoms with Crippen molar-refractivity contribution >= 4 is 17.5 Å². The molecule has 0 bridgehead atoms. The van der Waals surface area contributed by atoms with E-state index in [2.05, 4.69) is 11.4 Å². The number of likely N-dealkylation sites (tertiary alicyclic amines) is 1. The van der Waals surface area contributed by atoms with Gasteiger partial charge in [-0.05, 0) is 54.8 Å². The molecule has 1 unspecified atom stereocenters. The van der Waals surface area contributed by atoms with Crippen LogP contribution in [0.1, 0.15) is 32.3 Å². The molecule has 1 aliphatic heterocycles. The molecule has 1 atom stereocenters. The van der Waals surface area contributed by atoms with Crippen molar-refractivity contribution < 1.29 is 14.3 Å². The standard InChI is InChI=1S/C22H23N3O3/c1-15(2)21(25-12-4-7-20(25)26)22(27)24-17-8-10-18(11-9-17)28-19-6-3-5-16(13-19)14-23/h3,5-6,8-11,13,15,21H,4,7,12H2,1-2H3,(H,24,27). The van der Waals surface area contributed by atoms with E-state index in [1.165, 1.54) is 0 Å². The Hall–Kier alpha value is -3.33. The Morgan fingerprint density at radius 2 is 1.93 bits per heavy atom. The first-order valence-electron chi connectivity index (χ1n) is 9.36. The number of amides is 2. The van der Waals surface area contributed by atoms with E-state index in [1.807, 2.05) is 13.8 Å². The van der Waals surface area contributed by atoms with Crippen molar-refractivity contribution in [2.75, 3.05) is 11.9 Å². The Labute approximate surface area is 164 Å². The van der Waals surface area contributed by atoms with E-state index in [1.54, 1.807) is 53.4 Å². The quantitative estimate of drug-likeness (QED) is 0.827. The zero-order valence-electron chi connectivity index (χ0n) is 16.0. The van der Waals surface area contributed by atoms with Crippen LogP contribution in [-0.4, -0.2) is 29.3 Å². The van der Waals surface area contributed by atoms with Crippen molar-refractivity contribution in [2.45, 2.75) is 32.7 Å². The predicted octanol–water partition coefficient (Wildman–Crippen LogP) is 3.94. The molecule has 2 aromatic rings. The first kappa shape index (κ1) is 19.4. The lowest BCUT2D eigenvalue weighted by molar-refractivity contribution is -0.136. The minimum atomic E-state index is -0.473. The van der Waals surface area contributed by atoms with Gasteiger partial charge in [-0.25, -0.2) is 0 Å². The maximum absolute atomic E-state index is 12.8. The molecule has 1 aliphatic rings. The highest BCUT2D eigenvalue weighted by atomic mass is 16.5. The summed E-state index contributed by atoms with van der Waals surface area (Å²) in [7, 11) is 0. The third-order valence-electron chi connectivity index (χ3n) is 4.67. The van der Waals surface area contributed by atoms with E-state index >= 15 is 0 Å². The van der Waals surface area contributed by atoms with Crippen molar-refractivity contribution in [2.24, 2.45) is 5.92 Å². The van der Waals surface area contributed by atoms with Crippen molar-refractivity contribution in [1.82, 2.24) is 4.90 Å². The largest absolute Gasteiger partial charge is 0.457 e. The third-order valence-corrected chi connectivity index (χ3v) is 4.67. The molecule has 0 aliphatic carbocycles. The molecule has 2 amide bonds. The minimum absolute atomic E-state index is 0.0251. The van der Waals surface area contributed by atoms with Gasteiger partial charge in [-0.1, -0.05) is 19.9 Å². The molecule has 2 aromatic carbocycles. The van der Waals surface area contributed by atoms with Gasteiger partial charge in [0.25, 0.3) is 0 Å². The van der Waals surface area contributed by atoms with Gasteiger partial charge in [-0.15, -0.1) is 0 Å². The molecule has 6 heteroatoms. The summed E-state index contributed by atoms with van der Waals surface area (Å²) in [5.41, 5.74) is 1.16. The first-order valence-corrected chi connectivity index (χ1v) is 9.36. The summed E-state index contributed by atoms with van der Waals surface area (Å²) in [6.45, 7) is 4.52. The van der Waals surface area contributed by atoms with E-state index in [9.17, 15) is 9.59 Å². The van der Waals surface area contributed by atoms with Gasteiger partial charge in [-0.3, -0.25) is 9.59 Å². The van der Waals surface area contributed by atoms with Crippen LogP contribution in [0.2, 0.25) is 0 Å². The molecule has 144 valence electrons. The Balaban J connectivity index is 1.66. The topological polar surface area (TPSA) is 82.4 Å². The zero-order chi connectivity index (χ0) is 20.1. The summed E-state index contributed by atoms with van der Waals surface area (Å²) in [5.74, 6) is 1.06. The van der Waals surface area contributed by atoms with Gasteiger partial charge in [0.05, 0.1) is 11.6 Å². The van der Waals surface area contributed by atoms with Crippen LogP contribution >= 0.6 is 0 Å². The van der Waals surface area contributed by atoms with Gasteiger partial charge in [0.15, 0.2) is 0 Å². The number of ether oxygens (including phenoxy) is 1. The lowest BCUT2D eigenvalue weighted by Gasteiger charge is -2.29. The number of hydrogen-bond donors (Lipinski definition) is 1. The van der Waals surface area contributed by atoms with Crippen molar-refractivity contribution in [3.63, 3.8) is 0 Å². The summed E-state index contributed by atoms with van der Waals surface area (Å²) in [6, 6.07) is 15.5. The highest BCUT2D eigenvalue weighted by molar-refractivity contribution is 5.97. The smallest absolute Gasteiger partial charge is 0.247 e. The molecule has 0 spiro atoms. The molecule has 3 rings (SSSR count). The Morgan fingerprint density at radius 3 is 2.54 bits per heavy atom. The highest BCUT2D eigenvalue weighted by Crippen LogP contribution is 2.25. The minimum Gasteiger partial charge on any atom is -0.457 e. The van der Waals surface area contributed by atoms with Gasteiger partial charge in [0.2, 0.25) is 11.8 Å². The fourth-order valence-corrected chi connectivity index (χ4v) is 3.36. The van der Waals surface area contributed by atoms with Gasteiger partial charge >= 0.3 is 0 Å². The number of nitriles is 1. The van der Waals surface area contributed by atoms with Gasteiger partial charge in [0, 0.05) is 18.7 Å². The molecule has 1 heterocycles. The third kappa shape index (κ3) is 4.49. The monoisotopic (exact) mass is 377 g/mol. The van der Waals surface area contributed by atoms with E-state index < -0.39 is 6.04 Å². The van der Waals surface area contributed by atoms with Gasteiger partial charge in [-0.2, -0.15) is 5.26 Å². The van der Waals surface area contributed by atoms with Crippen molar-refractivity contribution in [1.29, 1.82) is 5.26 Å². The number of nitrogens with zero attached hydrogens (tertiary/aromatic N) is 2. The number of benzene rings is 2. The van der Waals surface area contributed by atoms with E-state index in [-0.39, 0.29) is 17.7 Å². The summed E-state index contributed by atoms with van der Waals surface area (Å²) >= 11 is 0. The molecule has 0 saturated carbocycles. The summed E-state index contributed by atoms with van der Waals surface area (Å²) in [4.78, 5) is 26.5. The second-order valence-electron chi connectivity index (χ2n) is 7.13.